The zero-order valence-corrected chi connectivity index (χ0v) is 27.8. The van der Waals surface area contributed by atoms with Crippen molar-refractivity contribution in [2.75, 3.05) is 6.61 Å². The summed E-state index contributed by atoms with van der Waals surface area (Å²) < 4.78 is 41.5. The fourth-order valence-electron chi connectivity index (χ4n) is 5.96. The molecule has 12 nitrogen and oxygen atoms in total. The van der Waals surface area contributed by atoms with E-state index in [1.54, 1.807) is 27.7 Å². The third-order valence-electron chi connectivity index (χ3n) is 8.09. The smallest absolute Gasteiger partial charge is 0.408 e. The lowest BCUT2D eigenvalue weighted by Gasteiger charge is -2.30. The Bertz CT molecular complexity index is 1370. The van der Waals surface area contributed by atoms with Crippen LogP contribution in [-0.2, 0) is 55.8 Å². The Kier molecular flexibility index (Phi) is 10.9. The van der Waals surface area contributed by atoms with E-state index in [1.807, 2.05) is 74.5 Å². The molecule has 2 aromatic rings. The second-order valence-electron chi connectivity index (χ2n) is 13.5. The van der Waals surface area contributed by atoms with Gasteiger partial charge in [-0.05, 0) is 51.2 Å². The molecule has 7 atom stereocenters. The molecule has 3 aliphatic heterocycles. The molecule has 2 N–H and O–H groups in total. The number of carbonyl (C=O) groups excluding carboxylic acids is 3. The molecule has 3 fully saturated rings. The molecular weight excluding hydrogens is 608 g/mol. The highest BCUT2D eigenvalue weighted by atomic mass is 16.8. The predicted octanol–water partition coefficient (Wildman–Crippen LogP) is 3.99. The minimum atomic E-state index is -1.03. The van der Waals surface area contributed by atoms with Crippen LogP contribution >= 0.6 is 0 Å². The van der Waals surface area contributed by atoms with Crippen LogP contribution in [0, 0.1) is 5.92 Å². The zero-order valence-electron chi connectivity index (χ0n) is 27.8. The Morgan fingerprint density at radius 1 is 0.830 bits per heavy atom. The van der Waals surface area contributed by atoms with Gasteiger partial charge in [0.25, 0.3) is 0 Å². The summed E-state index contributed by atoms with van der Waals surface area (Å²) >= 11 is 0. The third-order valence-corrected chi connectivity index (χ3v) is 8.09. The van der Waals surface area contributed by atoms with E-state index < -0.39 is 72.3 Å². The molecule has 0 bridgehead atoms. The van der Waals surface area contributed by atoms with Crippen LogP contribution in [0.4, 0.5) is 4.79 Å². The van der Waals surface area contributed by atoms with Gasteiger partial charge in [-0.25, -0.2) is 9.59 Å². The monoisotopic (exact) mass is 654 g/mol. The summed E-state index contributed by atoms with van der Waals surface area (Å²) in [5.74, 6) is -2.99. The molecule has 2 aromatic carbocycles. The molecule has 3 aliphatic rings. The lowest BCUT2D eigenvalue weighted by molar-refractivity contribution is -0.235. The number of hydrogen-bond donors (Lipinski definition) is 2. The first-order chi connectivity index (χ1) is 22.3. The Labute approximate surface area is 275 Å². The van der Waals surface area contributed by atoms with E-state index in [0.717, 1.165) is 11.1 Å². The van der Waals surface area contributed by atoms with Gasteiger partial charge in [-0.15, -0.1) is 0 Å². The molecule has 0 saturated carbocycles. The molecule has 256 valence electrons. The van der Waals surface area contributed by atoms with E-state index >= 15 is 0 Å². The fraction of sp³-hybridized carbons (Fsp3) is 0.571. The molecule has 5 rings (SSSR count). The van der Waals surface area contributed by atoms with Crippen LogP contribution in [-0.4, -0.2) is 78.9 Å². The molecule has 0 spiro atoms. The highest BCUT2D eigenvalue weighted by molar-refractivity contribution is 5.90. The maximum absolute atomic E-state index is 13.9. The summed E-state index contributed by atoms with van der Waals surface area (Å²) in [6, 6.07) is 16.4. The molecule has 2 amide bonds. The van der Waals surface area contributed by atoms with Crippen LogP contribution in [0.15, 0.2) is 60.7 Å². The first-order valence-electron chi connectivity index (χ1n) is 16.1. The van der Waals surface area contributed by atoms with Crippen molar-refractivity contribution in [2.45, 2.75) is 115 Å². The van der Waals surface area contributed by atoms with Crippen molar-refractivity contribution in [3.63, 3.8) is 0 Å². The summed E-state index contributed by atoms with van der Waals surface area (Å²) in [6.45, 7) is 11.3. The summed E-state index contributed by atoms with van der Waals surface area (Å²) in [5.41, 5.74) is 1.62. The number of benzene rings is 2. The van der Waals surface area contributed by atoms with E-state index in [4.69, 9.17) is 33.2 Å². The van der Waals surface area contributed by atoms with Gasteiger partial charge in [-0.2, -0.15) is 0 Å². The molecule has 3 saturated heterocycles. The SMILES string of the molecule is CC(C)C[C@@H](NC(=O)[C@@H](Cc1ccccc1)NC(=O)OCc1ccccc1)C(=O)O[C@@H]1[C@H]2OC(C)(C)O[C@H]2O[C@@H]1[C@@H]1COC(C)(C)O1. The van der Waals surface area contributed by atoms with Crippen molar-refractivity contribution in [1.29, 1.82) is 0 Å². The standard InChI is InChI=1S/C35H46N2O10/c1-21(2)17-25(31(39)43-28-27(26-20-42-34(3,4)45-26)44-32-29(28)46-35(5,6)47-32)36-30(38)24(18-22-13-9-7-10-14-22)37-33(40)41-19-23-15-11-8-12-16-23/h7-16,21,24-29,32H,17-20H2,1-6H3,(H,36,38)(H,37,40)/t24-,25-,26+,27-,28+,29-,32-/m1/s1. The lowest BCUT2D eigenvalue weighted by Crippen LogP contribution is -2.54. The average molecular weight is 655 g/mol. The second kappa shape index (κ2) is 14.7. The normalized spacial score (nSPS) is 27.1. The van der Waals surface area contributed by atoms with Gasteiger partial charge >= 0.3 is 12.1 Å². The van der Waals surface area contributed by atoms with Gasteiger partial charge in [0.05, 0.1) is 6.61 Å². The first kappa shape index (κ1) is 34.8. The highest BCUT2D eigenvalue weighted by Crippen LogP contribution is 2.42. The van der Waals surface area contributed by atoms with Crippen molar-refractivity contribution in [2.24, 2.45) is 5.92 Å². The number of esters is 1. The number of fused-ring (bicyclic) bond motifs is 1. The number of alkyl carbamates (subject to hydrolysis) is 1. The minimum Gasteiger partial charge on any atom is -0.455 e. The Morgan fingerprint density at radius 2 is 1.49 bits per heavy atom. The van der Waals surface area contributed by atoms with E-state index in [2.05, 4.69) is 10.6 Å². The van der Waals surface area contributed by atoms with Crippen LogP contribution in [0.1, 0.15) is 59.1 Å². The zero-order chi connectivity index (χ0) is 33.8. The third kappa shape index (κ3) is 9.29. The van der Waals surface area contributed by atoms with Gasteiger partial charge in [0, 0.05) is 6.42 Å². The summed E-state index contributed by atoms with van der Waals surface area (Å²) in [6.07, 6.45) is -3.95. The quantitative estimate of drug-likeness (QED) is 0.323. The van der Waals surface area contributed by atoms with Crippen LogP contribution in [0.25, 0.3) is 0 Å². The maximum Gasteiger partial charge on any atom is 0.408 e. The predicted molar refractivity (Wildman–Crippen MR) is 169 cm³/mol. The summed E-state index contributed by atoms with van der Waals surface area (Å²) in [5, 5.41) is 5.53. The van der Waals surface area contributed by atoms with E-state index in [0.29, 0.717) is 0 Å². The van der Waals surface area contributed by atoms with Gasteiger partial charge in [-0.3, -0.25) is 4.79 Å². The minimum absolute atomic E-state index is 0.0185. The van der Waals surface area contributed by atoms with Gasteiger partial charge in [0.2, 0.25) is 5.91 Å². The fourth-order valence-corrected chi connectivity index (χ4v) is 5.96. The van der Waals surface area contributed by atoms with Crippen molar-refractivity contribution in [1.82, 2.24) is 10.6 Å². The molecule has 12 heteroatoms. The van der Waals surface area contributed by atoms with Gasteiger partial charge in [-0.1, -0.05) is 74.5 Å². The van der Waals surface area contributed by atoms with Crippen molar-refractivity contribution >= 4 is 18.0 Å². The Balaban J connectivity index is 1.30. The lowest BCUT2D eigenvalue weighted by atomic mass is 10.0. The van der Waals surface area contributed by atoms with Crippen LogP contribution < -0.4 is 10.6 Å². The number of nitrogens with one attached hydrogen (secondary N) is 2. The molecule has 0 aromatic heterocycles. The Morgan fingerprint density at radius 3 is 2.11 bits per heavy atom. The van der Waals surface area contributed by atoms with Crippen LogP contribution in [0.2, 0.25) is 0 Å². The van der Waals surface area contributed by atoms with E-state index in [9.17, 15) is 14.4 Å². The van der Waals surface area contributed by atoms with E-state index in [1.165, 1.54) is 0 Å². The average Bonchev–Trinajstić information content (AvgIpc) is 3.64. The van der Waals surface area contributed by atoms with Crippen molar-refractivity contribution in [3.05, 3.63) is 71.8 Å². The Hall–Kier alpha value is -3.55. The van der Waals surface area contributed by atoms with Crippen molar-refractivity contribution in [3.8, 4) is 0 Å². The number of carbonyl (C=O) groups is 3. The van der Waals surface area contributed by atoms with Crippen molar-refractivity contribution < 1.29 is 47.5 Å². The first-order valence-corrected chi connectivity index (χ1v) is 16.1. The molecule has 0 radical (unpaired) electrons. The molecule has 0 aliphatic carbocycles. The topological polar surface area (TPSA) is 140 Å². The molecular formula is C35H46N2O10. The summed E-state index contributed by atoms with van der Waals surface area (Å²) in [7, 11) is 0. The second-order valence-corrected chi connectivity index (χ2v) is 13.5. The number of amides is 2. The maximum atomic E-state index is 13.9. The van der Waals surface area contributed by atoms with Gasteiger partial charge in [0.1, 0.15) is 30.9 Å². The number of hydrogen-bond acceptors (Lipinski definition) is 10. The summed E-state index contributed by atoms with van der Waals surface area (Å²) in [4.78, 5) is 40.6. The van der Waals surface area contributed by atoms with Crippen LogP contribution in [0.3, 0.4) is 0 Å². The van der Waals surface area contributed by atoms with Crippen LogP contribution in [0.5, 0.6) is 0 Å². The van der Waals surface area contributed by atoms with E-state index in [-0.39, 0.29) is 32.0 Å². The molecule has 3 heterocycles. The number of ether oxygens (including phenoxy) is 7. The van der Waals surface area contributed by atoms with Gasteiger partial charge in [0.15, 0.2) is 30.1 Å². The largest absolute Gasteiger partial charge is 0.455 e. The number of rotatable bonds is 12. The molecule has 0 unspecified atom stereocenters. The molecule has 47 heavy (non-hydrogen) atoms. The van der Waals surface area contributed by atoms with Gasteiger partial charge < -0.3 is 43.8 Å². The highest BCUT2D eigenvalue weighted by Gasteiger charge is 2.60.